The van der Waals surface area contributed by atoms with Gasteiger partial charge >= 0.3 is 0 Å². The predicted molar refractivity (Wildman–Crippen MR) is 38.0 cm³/mol. The Morgan fingerprint density at radius 1 is 1.44 bits per heavy atom. The molecule has 1 aromatic rings. The van der Waals surface area contributed by atoms with Crippen LogP contribution in [0.2, 0.25) is 10.3 Å². The van der Waals surface area contributed by atoms with Gasteiger partial charge in [0.25, 0.3) is 0 Å². The van der Waals surface area contributed by atoms with E-state index in [1.807, 2.05) is 14.0 Å². The monoisotopic (exact) mass is 164 g/mol. The zero-order chi connectivity index (χ0) is 7.02. The highest BCUT2D eigenvalue weighted by Crippen LogP contribution is 2.20. The maximum atomic E-state index is 5.67. The van der Waals surface area contributed by atoms with E-state index in [9.17, 15) is 0 Å². The fourth-order valence-corrected chi connectivity index (χ4v) is 0.957. The first-order valence-electron chi connectivity index (χ1n) is 2.47. The van der Waals surface area contributed by atoms with Crippen molar-refractivity contribution < 1.29 is 0 Å². The van der Waals surface area contributed by atoms with Gasteiger partial charge in [0, 0.05) is 7.05 Å². The summed E-state index contributed by atoms with van der Waals surface area (Å²) in [4.78, 5) is 3.91. The summed E-state index contributed by atoms with van der Waals surface area (Å²) in [5, 5.41) is 0.867. The molecule has 0 aromatic carbocycles. The van der Waals surface area contributed by atoms with Crippen molar-refractivity contribution in [3.05, 3.63) is 16.1 Å². The minimum atomic E-state index is 0.372. The molecule has 0 amide bonds. The van der Waals surface area contributed by atoms with Crippen molar-refractivity contribution in [3.63, 3.8) is 0 Å². The van der Waals surface area contributed by atoms with Gasteiger partial charge in [-0.05, 0) is 6.92 Å². The van der Waals surface area contributed by atoms with Gasteiger partial charge in [-0.1, -0.05) is 23.2 Å². The molecule has 2 nitrogen and oxygen atoms in total. The van der Waals surface area contributed by atoms with Crippen LogP contribution < -0.4 is 0 Å². The van der Waals surface area contributed by atoms with Crippen LogP contribution in [0, 0.1) is 6.92 Å². The zero-order valence-electron chi connectivity index (χ0n) is 5.15. The first-order valence-corrected chi connectivity index (χ1v) is 3.23. The lowest BCUT2D eigenvalue weighted by Crippen LogP contribution is -1.89. The number of hydrogen-bond donors (Lipinski definition) is 0. The number of hydrogen-bond acceptors (Lipinski definition) is 1. The quantitative estimate of drug-likeness (QED) is 0.575. The van der Waals surface area contributed by atoms with Gasteiger partial charge in [0.15, 0.2) is 5.15 Å². The fourth-order valence-electron chi connectivity index (χ4n) is 0.544. The Hall–Kier alpha value is -0.210. The summed E-state index contributed by atoms with van der Waals surface area (Å²) in [6.07, 6.45) is 0. The van der Waals surface area contributed by atoms with Crippen molar-refractivity contribution in [2.24, 2.45) is 7.05 Å². The molecule has 0 aliphatic carbocycles. The number of aryl methyl sites for hydroxylation is 1. The molecule has 0 fully saturated rings. The van der Waals surface area contributed by atoms with E-state index in [4.69, 9.17) is 23.2 Å². The van der Waals surface area contributed by atoms with Crippen molar-refractivity contribution in [2.45, 2.75) is 6.92 Å². The Kier molecular flexibility index (Phi) is 1.68. The average molecular weight is 165 g/mol. The Labute approximate surface area is 63.4 Å². The van der Waals surface area contributed by atoms with Gasteiger partial charge in [0.1, 0.15) is 11.0 Å². The van der Waals surface area contributed by atoms with Crippen LogP contribution in [0.4, 0.5) is 0 Å². The lowest BCUT2D eigenvalue weighted by atomic mass is 10.7. The molecule has 4 heteroatoms. The summed E-state index contributed by atoms with van der Waals surface area (Å²) in [5.41, 5.74) is 0. The second-order valence-electron chi connectivity index (χ2n) is 1.80. The highest BCUT2D eigenvalue weighted by molar-refractivity contribution is 6.40. The van der Waals surface area contributed by atoms with Crippen molar-refractivity contribution in [1.82, 2.24) is 9.55 Å². The molecule has 0 bridgehead atoms. The molecule has 0 spiro atoms. The maximum Gasteiger partial charge on any atom is 0.166 e. The average Bonchev–Trinajstić information content (AvgIpc) is 1.98. The molecule has 1 aromatic heterocycles. The molecular formula is C5H6Cl2N2. The standard InChI is InChI=1S/C5H6Cl2N2/c1-3-8-4(6)5(7)9(3)2/h1-2H3. The largest absolute Gasteiger partial charge is 0.321 e. The van der Waals surface area contributed by atoms with Crippen molar-refractivity contribution in [3.8, 4) is 0 Å². The molecule has 50 valence electrons. The van der Waals surface area contributed by atoms with Crippen molar-refractivity contribution in [1.29, 1.82) is 0 Å². The lowest BCUT2D eigenvalue weighted by Gasteiger charge is -1.92. The van der Waals surface area contributed by atoms with Gasteiger partial charge in [-0.3, -0.25) is 0 Å². The normalized spacial score (nSPS) is 10.2. The number of halogens is 2. The van der Waals surface area contributed by atoms with E-state index in [-0.39, 0.29) is 0 Å². The lowest BCUT2D eigenvalue weighted by molar-refractivity contribution is 0.859. The summed E-state index contributed by atoms with van der Waals surface area (Å²) in [7, 11) is 1.82. The van der Waals surface area contributed by atoms with E-state index >= 15 is 0 Å². The molecule has 1 heterocycles. The smallest absolute Gasteiger partial charge is 0.166 e. The summed E-state index contributed by atoms with van der Waals surface area (Å²) in [6, 6.07) is 0. The molecule has 0 N–H and O–H groups in total. The van der Waals surface area contributed by atoms with E-state index in [1.54, 1.807) is 4.57 Å². The Morgan fingerprint density at radius 3 is 2.11 bits per heavy atom. The van der Waals surface area contributed by atoms with Crippen LogP contribution in [0.3, 0.4) is 0 Å². The van der Waals surface area contributed by atoms with Crippen LogP contribution in [-0.4, -0.2) is 9.55 Å². The van der Waals surface area contributed by atoms with E-state index in [0.29, 0.717) is 10.3 Å². The third kappa shape index (κ3) is 1.05. The number of imidazole rings is 1. The number of rotatable bonds is 0. The molecule has 1 rings (SSSR count). The van der Waals surface area contributed by atoms with Crippen LogP contribution in [0.15, 0.2) is 0 Å². The van der Waals surface area contributed by atoms with E-state index in [0.717, 1.165) is 5.82 Å². The highest BCUT2D eigenvalue weighted by Gasteiger charge is 2.05. The van der Waals surface area contributed by atoms with Crippen molar-refractivity contribution >= 4 is 23.2 Å². The second-order valence-corrected chi connectivity index (χ2v) is 2.52. The van der Waals surface area contributed by atoms with Gasteiger partial charge in [0.05, 0.1) is 0 Å². The fraction of sp³-hybridized carbons (Fsp3) is 0.400. The van der Waals surface area contributed by atoms with Gasteiger partial charge < -0.3 is 4.57 Å². The van der Waals surface area contributed by atoms with Crippen molar-refractivity contribution in [2.75, 3.05) is 0 Å². The molecule has 0 aliphatic heterocycles. The Bertz CT molecular complexity index is 207. The van der Waals surface area contributed by atoms with Crippen LogP contribution in [0.5, 0.6) is 0 Å². The van der Waals surface area contributed by atoms with Gasteiger partial charge in [0.2, 0.25) is 0 Å². The molecule has 0 saturated carbocycles. The summed E-state index contributed by atoms with van der Waals surface area (Å²) < 4.78 is 1.73. The molecule has 0 saturated heterocycles. The summed E-state index contributed by atoms with van der Waals surface area (Å²) >= 11 is 11.2. The van der Waals surface area contributed by atoms with E-state index < -0.39 is 0 Å². The second kappa shape index (κ2) is 2.20. The Balaban J connectivity index is 3.29. The molecular weight excluding hydrogens is 159 g/mol. The zero-order valence-corrected chi connectivity index (χ0v) is 6.66. The first-order chi connectivity index (χ1) is 4.13. The third-order valence-electron chi connectivity index (χ3n) is 1.21. The first kappa shape index (κ1) is 6.90. The SMILES string of the molecule is Cc1nc(Cl)c(Cl)n1C. The minimum Gasteiger partial charge on any atom is -0.321 e. The number of aromatic nitrogens is 2. The van der Waals surface area contributed by atoms with Gasteiger partial charge in [-0.25, -0.2) is 4.98 Å². The number of nitrogens with zero attached hydrogens (tertiary/aromatic N) is 2. The van der Waals surface area contributed by atoms with E-state index in [2.05, 4.69) is 4.98 Å². The van der Waals surface area contributed by atoms with Crippen LogP contribution in [-0.2, 0) is 7.05 Å². The topological polar surface area (TPSA) is 17.8 Å². The molecule has 0 unspecified atom stereocenters. The van der Waals surface area contributed by atoms with Gasteiger partial charge in [-0.15, -0.1) is 0 Å². The summed E-state index contributed by atoms with van der Waals surface area (Å²) in [5.74, 6) is 0.824. The Morgan fingerprint density at radius 2 is 2.00 bits per heavy atom. The molecule has 0 radical (unpaired) electrons. The van der Waals surface area contributed by atoms with Crippen LogP contribution >= 0.6 is 23.2 Å². The summed E-state index contributed by atoms with van der Waals surface area (Å²) in [6.45, 7) is 1.84. The third-order valence-corrected chi connectivity index (χ3v) is 2.00. The maximum absolute atomic E-state index is 5.67. The van der Waals surface area contributed by atoms with Gasteiger partial charge in [-0.2, -0.15) is 0 Å². The van der Waals surface area contributed by atoms with Crippen LogP contribution in [0.25, 0.3) is 0 Å². The molecule has 0 atom stereocenters. The minimum absolute atomic E-state index is 0.372. The highest BCUT2D eigenvalue weighted by atomic mass is 35.5. The predicted octanol–water partition coefficient (Wildman–Crippen LogP) is 2.04. The molecule has 9 heavy (non-hydrogen) atoms. The van der Waals surface area contributed by atoms with E-state index in [1.165, 1.54) is 0 Å². The molecule has 0 aliphatic rings. The van der Waals surface area contributed by atoms with Crippen LogP contribution in [0.1, 0.15) is 5.82 Å².